The molecule has 2 aromatic carbocycles. The van der Waals surface area contributed by atoms with E-state index in [1.165, 1.54) is 17.3 Å². The van der Waals surface area contributed by atoms with Crippen molar-refractivity contribution in [2.75, 3.05) is 19.8 Å². The van der Waals surface area contributed by atoms with Gasteiger partial charge >= 0.3 is 0 Å². The van der Waals surface area contributed by atoms with Gasteiger partial charge in [-0.1, -0.05) is 53.7 Å². The molecule has 0 fully saturated rings. The zero-order valence-electron chi connectivity index (χ0n) is 18.7. The third kappa shape index (κ3) is 5.23. The lowest BCUT2D eigenvalue weighted by molar-refractivity contribution is -0.127. The number of thiophene rings is 1. The molecule has 168 valence electrons. The molecule has 0 aliphatic rings. The number of thioether (sulfide) groups is 1. The Kier molecular flexibility index (Phi) is 7.05. The molecule has 0 radical (unpaired) electrons. The predicted octanol–water partition coefficient (Wildman–Crippen LogP) is 4.78. The van der Waals surface area contributed by atoms with Gasteiger partial charge in [0.1, 0.15) is 16.2 Å². The predicted molar refractivity (Wildman–Crippen MR) is 135 cm³/mol. The van der Waals surface area contributed by atoms with Crippen molar-refractivity contribution < 1.29 is 9.59 Å². The quantitative estimate of drug-likeness (QED) is 0.307. The minimum absolute atomic E-state index is 0.00857. The van der Waals surface area contributed by atoms with Gasteiger partial charge in [0, 0.05) is 37.1 Å². The van der Waals surface area contributed by atoms with E-state index in [0.717, 1.165) is 31.9 Å². The molecule has 4 aromatic rings. The molecular formula is C25H24N4O2S2. The molecule has 0 saturated carbocycles. The summed E-state index contributed by atoms with van der Waals surface area (Å²) in [4.78, 5) is 36.0. The topological polar surface area (TPSA) is 75.2 Å². The number of fused-ring (bicyclic) bond motifs is 1. The van der Waals surface area contributed by atoms with Gasteiger partial charge in [0.05, 0.1) is 11.1 Å². The Balaban J connectivity index is 1.45. The van der Waals surface area contributed by atoms with Crippen LogP contribution < -0.4 is 5.32 Å². The van der Waals surface area contributed by atoms with E-state index >= 15 is 0 Å². The molecule has 33 heavy (non-hydrogen) atoms. The minimum Gasteiger partial charge on any atom is -0.355 e. The van der Waals surface area contributed by atoms with Gasteiger partial charge in [-0.25, -0.2) is 9.97 Å². The van der Waals surface area contributed by atoms with E-state index in [4.69, 9.17) is 0 Å². The van der Waals surface area contributed by atoms with E-state index in [2.05, 4.69) is 51.9 Å². The van der Waals surface area contributed by atoms with E-state index in [-0.39, 0.29) is 17.6 Å². The van der Waals surface area contributed by atoms with Crippen LogP contribution in [-0.2, 0) is 11.3 Å². The van der Waals surface area contributed by atoms with Crippen molar-refractivity contribution in [1.82, 2.24) is 20.2 Å². The number of benzene rings is 2. The number of amides is 2. The monoisotopic (exact) mass is 476 g/mol. The Morgan fingerprint density at radius 2 is 1.79 bits per heavy atom. The summed E-state index contributed by atoms with van der Waals surface area (Å²) in [5.41, 5.74) is 4.98. The molecule has 0 atom stereocenters. The standard InChI is InChI=1S/C25H24N4O2S2/c1-16-4-8-18(9-5-16)20-13-32-24-22(20)25(28-15-27-24)33-14-21(30)29(3)12-17-6-10-19(11-7-17)23(31)26-2/h4-11,13,15H,12,14H2,1-3H3,(H,26,31). The zero-order chi connectivity index (χ0) is 23.4. The van der Waals surface area contributed by atoms with E-state index in [0.29, 0.717) is 12.1 Å². The van der Waals surface area contributed by atoms with Gasteiger partial charge in [-0.3, -0.25) is 9.59 Å². The number of aromatic nitrogens is 2. The molecule has 8 heteroatoms. The van der Waals surface area contributed by atoms with Gasteiger partial charge in [0.25, 0.3) is 5.91 Å². The summed E-state index contributed by atoms with van der Waals surface area (Å²) in [6, 6.07) is 15.7. The molecule has 0 spiro atoms. The van der Waals surface area contributed by atoms with Gasteiger partial charge in [-0.2, -0.15) is 0 Å². The van der Waals surface area contributed by atoms with Gasteiger partial charge in [0.15, 0.2) is 0 Å². The number of rotatable bonds is 7. The summed E-state index contributed by atoms with van der Waals surface area (Å²) < 4.78 is 0. The number of carbonyl (C=O) groups is 2. The summed E-state index contributed by atoms with van der Waals surface area (Å²) in [5, 5.41) is 6.52. The van der Waals surface area contributed by atoms with Crippen LogP contribution in [0.3, 0.4) is 0 Å². The number of carbonyl (C=O) groups excluding carboxylic acids is 2. The number of aryl methyl sites for hydroxylation is 1. The van der Waals surface area contributed by atoms with Crippen molar-refractivity contribution in [1.29, 1.82) is 0 Å². The molecule has 0 aliphatic heterocycles. The fraction of sp³-hybridized carbons (Fsp3) is 0.200. The molecule has 0 saturated heterocycles. The lowest BCUT2D eigenvalue weighted by Crippen LogP contribution is -2.27. The first-order valence-corrected chi connectivity index (χ1v) is 12.3. The first kappa shape index (κ1) is 22.9. The highest BCUT2D eigenvalue weighted by Crippen LogP contribution is 2.37. The van der Waals surface area contributed by atoms with E-state index in [1.807, 2.05) is 12.1 Å². The number of nitrogens with one attached hydrogen (secondary N) is 1. The molecule has 2 aromatic heterocycles. The highest BCUT2D eigenvalue weighted by atomic mass is 32.2. The summed E-state index contributed by atoms with van der Waals surface area (Å²) >= 11 is 3.02. The normalized spacial score (nSPS) is 10.9. The van der Waals surface area contributed by atoms with E-state index in [1.54, 1.807) is 48.8 Å². The SMILES string of the molecule is CNC(=O)c1ccc(CN(C)C(=O)CSc2ncnc3scc(-c4ccc(C)cc4)c23)cc1. The summed E-state index contributed by atoms with van der Waals surface area (Å²) in [6.07, 6.45) is 1.56. The maximum atomic E-state index is 12.8. The van der Waals surface area contributed by atoms with Crippen molar-refractivity contribution in [3.8, 4) is 11.1 Å². The van der Waals surface area contributed by atoms with Crippen LogP contribution >= 0.6 is 23.1 Å². The Hall–Kier alpha value is -3.23. The number of hydrogen-bond donors (Lipinski definition) is 1. The molecule has 2 amide bonds. The Morgan fingerprint density at radius 1 is 1.06 bits per heavy atom. The van der Waals surface area contributed by atoms with Crippen LogP contribution in [0, 0.1) is 6.92 Å². The van der Waals surface area contributed by atoms with Gasteiger partial charge in [-0.15, -0.1) is 11.3 Å². The van der Waals surface area contributed by atoms with Crippen LogP contribution in [0.1, 0.15) is 21.5 Å². The van der Waals surface area contributed by atoms with Crippen molar-refractivity contribution in [2.24, 2.45) is 0 Å². The van der Waals surface area contributed by atoms with Gasteiger partial charge in [-0.05, 0) is 30.2 Å². The summed E-state index contributed by atoms with van der Waals surface area (Å²) in [5.74, 6) is 0.161. The van der Waals surface area contributed by atoms with Crippen molar-refractivity contribution >= 4 is 45.1 Å². The molecule has 0 bridgehead atoms. The Labute approximate surface area is 201 Å². The molecular weight excluding hydrogens is 452 g/mol. The minimum atomic E-state index is -0.128. The molecule has 1 N–H and O–H groups in total. The maximum absolute atomic E-state index is 12.8. The first-order chi connectivity index (χ1) is 16.0. The molecule has 2 heterocycles. The van der Waals surface area contributed by atoms with Crippen molar-refractivity contribution in [3.63, 3.8) is 0 Å². The maximum Gasteiger partial charge on any atom is 0.251 e. The average Bonchev–Trinajstić information content (AvgIpc) is 3.28. The molecule has 4 rings (SSSR count). The number of hydrogen-bond acceptors (Lipinski definition) is 6. The smallest absolute Gasteiger partial charge is 0.251 e. The van der Waals surface area contributed by atoms with E-state index < -0.39 is 0 Å². The molecule has 0 aliphatic carbocycles. The highest BCUT2D eigenvalue weighted by Gasteiger charge is 2.16. The Bertz CT molecular complexity index is 1280. The van der Waals surface area contributed by atoms with Crippen LogP contribution in [0.5, 0.6) is 0 Å². The lowest BCUT2D eigenvalue weighted by Gasteiger charge is -2.17. The van der Waals surface area contributed by atoms with Gasteiger partial charge in [0.2, 0.25) is 5.91 Å². The lowest BCUT2D eigenvalue weighted by atomic mass is 10.1. The fourth-order valence-electron chi connectivity index (χ4n) is 3.41. The van der Waals surface area contributed by atoms with Crippen molar-refractivity contribution in [2.45, 2.75) is 18.5 Å². The van der Waals surface area contributed by atoms with Crippen LogP contribution in [0.25, 0.3) is 21.3 Å². The third-order valence-corrected chi connectivity index (χ3v) is 7.18. The molecule has 0 unspecified atom stereocenters. The summed E-state index contributed by atoms with van der Waals surface area (Å²) in [7, 11) is 3.39. The average molecular weight is 477 g/mol. The first-order valence-electron chi connectivity index (χ1n) is 10.4. The zero-order valence-corrected chi connectivity index (χ0v) is 20.3. The third-order valence-electron chi connectivity index (χ3n) is 5.32. The van der Waals surface area contributed by atoms with Crippen LogP contribution in [0.2, 0.25) is 0 Å². The molecule has 6 nitrogen and oxygen atoms in total. The van der Waals surface area contributed by atoms with Crippen molar-refractivity contribution in [3.05, 3.63) is 76.9 Å². The van der Waals surface area contributed by atoms with Gasteiger partial charge < -0.3 is 10.2 Å². The highest BCUT2D eigenvalue weighted by molar-refractivity contribution is 8.00. The van der Waals surface area contributed by atoms with E-state index in [9.17, 15) is 9.59 Å². The second kappa shape index (κ2) is 10.1. The fourth-order valence-corrected chi connectivity index (χ4v) is 5.34. The summed E-state index contributed by atoms with van der Waals surface area (Å²) in [6.45, 7) is 2.54. The van der Waals surface area contributed by atoms with Crippen LogP contribution in [0.4, 0.5) is 0 Å². The number of nitrogens with zero attached hydrogens (tertiary/aromatic N) is 3. The van der Waals surface area contributed by atoms with Crippen LogP contribution in [0.15, 0.2) is 65.3 Å². The van der Waals surface area contributed by atoms with Crippen LogP contribution in [-0.4, -0.2) is 46.5 Å². The second-order valence-corrected chi connectivity index (χ2v) is 9.51. The second-order valence-electron chi connectivity index (χ2n) is 7.69. The Morgan fingerprint density at radius 3 is 2.48 bits per heavy atom. The largest absolute Gasteiger partial charge is 0.355 e.